The summed E-state index contributed by atoms with van der Waals surface area (Å²) in [7, 11) is 0. The lowest BCUT2D eigenvalue weighted by Crippen LogP contribution is -2.15. The first-order valence-electron chi connectivity index (χ1n) is 7.74. The number of ether oxygens (including phenoxy) is 1. The number of carbonyl (C=O) groups excluding carboxylic acids is 1. The number of hydrogen-bond acceptors (Lipinski definition) is 3. The number of carboxylic acids is 1. The van der Waals surface area contributed by atoms with E-state index in [1.807, 2.05) is 32.0 Å². The normalized spacial score (nSPS) is 10.2. The van der Waals surface area contributed by atoms with Crippen molar-refractivity contribution in [3.05, 3.63) is 59.2 Å². The molecular weight excluding hydrogens is 306 g/mol. The van der Waals surface area contributed by atoms with Gasteiger partial charge in [-0.25, -0.2) is 0 Å². The maximum absolute atomic E-state index is 12.0. The smallest absolute Gasteiger partial charge is 0.307 e. The molecule has 126 valence electrons. The van der Waals surface area contributed by atoms with Gasteiger partial charge in [0.05, 0.1) is 19.4 Å². The van der Waals surface area contributed by atoms with Crippen LogP contribution >= 0.6 is 0 Å². The molecule has 0 bridgehead atoms. The predicted molar refractivity (Wildman–Crippen MR) is 92.4 cm³/mol. The van der Waals surface area contributed by atoms with Crippen LogP contribution in [0.5, 0.6) is 5.75 Å². The molecule has 0 aliphatic rings. The molecule has 0 heterocycles. The van der Waals surface area contributed by atoms with Crippen molar-refractivity contribution >= 4 is 17.6 Å². The minimum Gasteiger partial charge on any atom is -0.493 e. The Kier molecular flexibility index (Phi) is 5.95. The average Bonchev–Trinajstić information content (AvgIpc) is 2.49. The summed E-state index contributed by atoms with van der Waals surface area (Å²) in [5, 5.41) is 11.6. The summed E-state index contributed by atoms with van der Waals surface area (Å²) in [6.45, 7) is 4.27. The second kappa shape index (κ2) is 8.15. The molecule has 2 aromatic carbocycles. The summed E-state index contributed by atoms with van der Waals surface area (Å²) in [5.41, 5.74) is 3.44. The Labute approximate surface area is 141 Å². The molecule has 2 rings (SSSR count). The molecular formula is C19H21NO4. The van der Waals surface area contributed by atoms with E-state index in [4.69, 9.17) is 9.84 Å². The van der Waals surface area contributed by atoms with Crippen molar-refractivity contribution in [2.75, 3.05) is 11.9 Å². The van der Waals surface area contributed by atoms with Crippen LogP contribution in [0.15, 0.2) is 42.5 Å². The molecule has 1 amide bonds. The number of carboxylic acid groups (broad SMARTS) is 1. The molecule has 2 aromatic rings. The van der Waals surface area contributed by atoms with Gasteiger partial charge in [0.1, 0.15) is 5.75 Å². The molecule has 0 saturated carbocycles. The molecule has 0 saturated heterocycles. The summed E-state index contributed by atoms with van der Waals surface area (Å²) in [5.74, 6) is -0.301. The third kappa shape index (κ3) is 5.43. The van der Waals surface area contributed by atoms with Crippen LogP contribution in [0.25, 0.3) is 0 Å². The number of amides is 1. The van der Waals surface area contributed by atoms with Gasteiger partial charge in [-0.15, -0.1) is 0 Å². The lowest BCUT2D eigenvalue weighted by molar-refractivity contribution is -0.136. The number of anilines is 1. The Balaban J connectivity index is 1.84. The molecule has 0 unspecified atom stereocenters. The second-order valence-corrected chi connectivity index (χ2v) is 5.69. The number of hydrogen-bond donors (Lipinski definition) is 2. The van der Waals surface area contributed by atoms with Gasteiger partial charge in [0.15, 0.2) is 0 Å². The molecule has 0 fully saturated rings. The Bertz CT molecular complexity index is 740. The zero-order valence-corrected chi connectivity index (χ0v) is 13.8. The molecule has 24 heavy (non-hydrogen) atoms. The molecule has 2 N–H and O–H groups in total. The van der Waals surface area contributed by atoms with Crippen LogP contribution in [0.3, 0.4) is 0 Å². The summed E-state index contributed by atoms with van der Waals surface area (Å²) >= 11 is 0. The van der Waals surface area contributed by atoms with Crippen molar-refractivity contribution in [3.63, 3.8) is 0 Å². The van der Waals surface area contributed by atoms with Crippen molar-refractivity contribution in [2.45, 2.75) is 26.7 Å². The van der Waals surface area contributed by atoms with E-state index in [1.165, 1.54) is 5.56 Å². The zero-order valence-electron chi connectivity index (χ0n) is 13.8. The number of aliphatic carboxylic acids is 1. The van der Waals surface area contributed by atoms with Gasteiger partial charge in [-0.3, -0.25) is 9.59 Å². The minimum atomic E-state index is -0.902. The van der Waals surface area contributed by atoms with Gasteiger partial charge in [0.2, 0.25) is 5.91 Å². The monoisotopic (exact) mass is 327 g/mol. The van der Waals surface area contributed by atoms with Crippen LogP contribution in [-0.2, 0) is 16.0 Å². The lowest BCUT2D eigenvalue weighted by Gasteiger charge is -2.10. The largest absolute Gasteiger partial charge is 0.493 e. The fraction of sp³-hybridized carbons (Fsp3) is 0.263. The van der Waals surface area contributed by atoms with E-state index in [-0.39, 0.29) is 25.4 Å². The van der Waals surface area contributed by atoms with E-state index in [9.17, 15) is 9.59 Å². The second-order valence-electron chi connectivity index (χ2n) is 5.69. The quantitative estimate of drug-likeness (QED) is 0.818. The third-order valence-corrected chi connectivity index (χ3v) is 3.48. The summed E-state index contributed by atoms with van der Waals surface area (Å²) in [4.78, 5) is 22.7. The molecule has 5 heteroatoms. The molecule has 0 aliphatic heterocycles. The summed E-state index contributed by atoms with van der Waals surface area (Å²) < 4.78 is 5.64. The molecule has 0 spiro atoms. The minimum absolute atomic E-state index is 0.0699. The highest BCUT2D eigenvalue weighted by molar-refractivity contribution is 5.91. The predicted octanol–water partition coefficient (Wildman–Crippen LogP) is 3.34. The molecule has 0 aromatic heterocycles. The Morgan fingerprint density at radius 3 is 2.62 bits per heavy atom. The SMILES string of the molecule is Cc1ccc(OCCC(=O)Nc2cccc(CC(=O)O)c2)c(C)c1. The lowest BCUT2D eigenvalue weighted by atomic mass is 10.1. The van der Waals surface area contributed by atoms with Crippen LogP contribution in [0.4, 0.5) is 5.69 Å². The zero-order chi connectivity index (χ0) is 17.5. The van der Waals surface area contributed by atoms with Crippen LogP contribution < -0.4 is 10.1 Å². The van der Waals surface area contributed by atoms with Gasteiger partial charge >= 0.3 is 5.97 Å². The average molecular weight is 327 g/mol. The highest BCUT2D eigenvalue weighted by Crippen LogP contribution is 2.19. The Morgan fingerprint density at radius 2 is 1.92 bits per heavy atom. The van der Waals surface area contributed by atoms with Crippen molar-refractivity contribution in [1.29, 1.82) is 0 Å². The van der Waals surface area contributed by atoms with Gasteiger partial charge in [0.25, 0.3) is 0 Å². The van der Waals surface area contributed by atoms with E-state index in [2.05, 4.69) is 5.32 Å². The number of rotatable bonds is 7. The topological polar surface area (TPSA) is 75.6 Å². The molecule has 0 atom stereocenters. The van der Waals surface area contributed by atoms with Crippen LogP contribution in [0.2, 0.25) is 0 Å². The van der Waals surface area contributed by atoms with E-state index in [1.54, 1.807) is 24.3 Å². The van der Waals surface area contributed by atoms with Crippen molar-refractivity contribution < 1.29 is 19.4 Å². The van der Waals surface area contributed by atoms with E-state index in [0.29, 0.717) is 11.3 Å². The maximum Gasteiger partial charge on any atom is 0.307 e. The van der Waals surface area contributed by atoms with Gasteiger partial charge in [-0.05, 0) is 43.2 Å². The van der Waals surface area contributed by atoms with Crippen molar-refractivity contribution in [3.8, 4) is 5.75 Å². The van der Waals surface area contributed by atoms with Crippen molar-refractivity contribution in [1.82, 2.24) is 0 Å². The van der Waals surface area contributed by atoms with Crippen LogP contribution in [0.1, 0.15) is 23.1 Å². The van der Waals surface area contributed by atoms with Crippen LogP contribution in [0, 0.1) is 13.8 Å². The number of carbonyl (C=O) groups is 2. The van der Waals surface area contributed by atoms with Crippen LogP contribution in [-0.4, -0.2) is 23.6 Å². The van der Waals surface area contributed by atoms with E-state index >= 15 is 0 Å². The van der Waals surface area contributed by atoms with Gasteiger partial charge in [-0.1, -0.05) is 29.8 Å². The standard InChI is InChI=1S/C19H21NO4/c1-13-6-7-17(14(2)10-13)24-9-8-18(21)20-16-5-3-4-15(11-16)12-19(22)23/h3-7,10-11H,8-9,12H2,1-2H3,(H,20,21)(H,22,23). The number of nitrogens with one attached hydrogen (secondary N) is 1. The fourth-order valence-corrected chi connectivity index (χ4v) is 2.37. The van der Waals surface area contributed by atoms with E-state index < -0.39 is 5.97 Å². The van der Waals surface area contributed by atoms with Gasteiger partial charge < -0.3 is 15.2 Å². The molecule has 0 aliphatic carbocycles. The highest BCUT2D eigenvalue weighted by atomic mass is 16.5. The fourth-order valence-electron chi connectivity index (χ4n) is 2.37. The van der Waals surface area contributed by atoms with Gasteiger partial charge in [-0.2, -0.15) is 0 Å². The number of benzene rings is 2. The highest BCUT2D eigenvalue weighted by Gasteiger charge is 2.06. The third-order valence-electron chi connectivity index (χ3n) is 3.48. The first-order valence-corrected chi connectivity index (χ1v) is 7.74. The molecule has 0 radical (unpaired) electrons. The van der Waals surface area contributed by atoms with Gasteiger partial charge in [0, 0.05) is 5.69 Å². The Hall–Kier alpha value is -2.82. The van der Waals surface area contributed by atoms with Crippen molar-refractivity contribution in [2.24, 2.45) is 0 Å². The Morgan fingerprint density at radius 1 is 1.12 bits per heavy atom. The summed E-state index contributed by atoms with van der Waals surface area (Å²) in [6, 6.07) is 12.7. The number of aryl methyl sites for hydroxylation is 2. The summed E-state index contributed by atoms with van der Waals surface area (Å²) in [6.07, 6.45) is 0.149. The van der Waals surface area contributed by atoms with E-state index in [0.717, 1.165) is 11.3 Å². The first-order chi connectivity index (χ1) is 11.4. The maximum atomic E-state index is 12.0. The molecule has 5 nitrogen and oxygen atoms in total. The first kappa shape index (κ1) is 17.5.